The van der Waals surface area contributed by atoms with Crippen molar-refractivity contribution in [2.75, 3.05) is 6.61 Å². The number of esters is 1. The SMILES string of the molecule is CC(=O)N[C@H]1[C@H]([C@H](O)[C@H]2COC(C)(C)O2)O[C@@](Oc2ccc3c(C)cc(=O)oc3c2)(C(=O)OCc2ccccc2)C[C@@H]1O. The second-order valence-corrected chi connectivity index (χ2v) is 11.3. The van der Waals surface area contributed by atoms with Crippen molar-refractivity contribution < 1.29 is 47.9 Å². The lowest BCUT2D eigenvalue weighted by atomic mass is 9.88. The Morgan fingerprint density at radius 2 is 1.86 bits per heavy atom. The first-order valence-corrected chi connectivity index (χ1v) is 13.9. The smallest absolute Gasteiger partial charge is 0.380 e. The number of aliphatic hydroxyl groups excluding tert-OH is 2. The Balaban J connectivity index is 1.53. The van der Waals surface area contributed by atoms with Crippen molar-refractivity contribution >= 4 is 22.8 Å². The summed E-state index contributed by atoms with van der Waals surface area (Å²) in [6.07, 6.45) is -5.70. The van der Waals surface area contributed by atoms with Crippen molar-refractivity contribution in [2.24, 2.45) is 0 Å². The van der Waals surface area contributed by atoms with Gasteiger partial charge in [-0.15, -0.1) is 0 Å². The molecule has 1 aromatic heterocycles. The number of aryl methyl sites for hydroxylation is 1. The van der Waals surface area contributed by atoms with E-state index < -0.39 is 66.0 Å². The molecule has 2 aliphatic rings. The second-order valence-electron chi connectivity index (χ2n) is 11.3. The summed E-state index contributed by atoms with van der Waals surface area (Å²) in [6.45, 7) is 6.22. The molecule has 3 heterocycles. The fourth-order valence-corrected chi connectivity index (χ4v) is 5.38. The molecule has 2 fully saturated rings. The fourth-order valence-electron chi connectivity index (χ4n) is 5.38. The van der Waals surface area contributed by atoms with Crippen LogP contribution in [0.3, 0.4) is 0 Å². The average molecular weight is 598 g/mol. The fraction of sp³-hybridized carbons (Fsp3) is 0.452. The third-order valence-electron chi connectivity index (χ3n) is 7.42. The van der Waals surface area contributed by atoms with Gasteiger partial charge in [-0.1, -0.05) is 30.3 Å². The Morgan fingerprint density at radius 1 is 1.12 bits per heavy atom. The van der Waals surface area contributed by atoms with Gasteiger partial charge in [0.25, 0.3) is 0 Å². The predicted molar refractivity (Wildman–Crippen MR) is 151 cm³/mol. The topological polar surface area (TPSA) is 163 Å². The molecular formula is C31H35NO11. The molecule has 6 atom stereocenters. The van der Waals surface area contributed by atoms with Crippen LogP contribution in [0.4, 0.5) is 0 Å². The number of rotatable bonds is 8. The Labute approximate surface area is 247 Å². The summed E-state index contributed by atoms with van der Waals surface area (Å²) < 4.78 is 34.8. The standard InChI is InChI=1S/C31H35NO11/c1-17-12-25(35)40-23-13-20(10-11-21(17)23)41-31(29(37)38-15-19-8-6-5-7-9-19)14-22(34)26(32-18(2)33)28(43-31)27(36)24-16-39-30(3,4)42-24/h5-13,22,24,26-28,34,36H,14-16H2,1-4H3,(H,32,33)/t22-,24+,26+,27+,28+,31+/m0/s1. The van der Waals surface area contributed by atoms with Crippen LogP contribution in [-0.4, -0.2) is 70.7 Å². The van der Waals surface area contributed by atoms with Crippen molar-refractivity contribution in [3.63, 3.8) is 0 Å². The molecule has 0 aliphatic carbocycles. The van der Waals surface area contributed by atoms with Crippen LogP contribution in [0.15, 0.2) is 63.8 Å². The molecule has 43 heavy (non-hydrogen) atoms. The van der Waals surface area contributed by atoms with Gasteiger partial charge in [0.1, 0.15) is 36.3 Å². The van der Waals surface area contributed by atoms with Gasteiger partial charge in [-0.05, 0) is 44.0 Å². The molecule has 3 aromatic rings. The number of aliphatic hydroxyl groups is 2. The number of carbonyl (C=O) groups excluding carboxylic acids is 2. The molecule has 2 aliphatic heterocycles. The van der Waals surface area contributed by atoms with Crippen LogP contribution < -0.4 is 15.7 Å². The summed E-state index contributed by atoms with van der Waals surface area (Å²) >= 11 is 0. The first kappa shape index (κ1) is 30.6. The number of ether oxygens (including phenoxy) is 5. The van der Waals surface area contributed by atoms with Crippen molar-refractivity contribution in [1.82, 2.24) is 5.32 Å². The average Bonchev–Trinajstić information content (AvgIpc) is 3.32. The molecule has 12 heteroatoms. The Morgan fingerprint density at radius 3 is 2.53 bits per heavy atom. The zero-order valence-electron chi connectivity index (χ0n) is 24.3. The minimum Gasteiger partial charge on any atom is -0.456 e. The van der Waals surface area contributed by atoms with Crippen molar-refractivity contribution in [3.05, 3.63) is 76.1 Å². The molecular weight excluding hydrogens is 562 g/mol. The zero-order chi connectivity index (χ0) is 30.9. The van der Waals surface area contributed by atoms with Crippen LogP contribution in [0.5, 0.6) is 5.75 Å². The Kier molecular flexibility index (Phi) is 8.59. The first-order valence-electron chi connectivity index (χ1n) is 13.9. The predicted octanol–water partition coefficient (Wildman–Crippen LogP) is 2.09. The lowest BCUT2D eigenvalue weighted by Crippen LogP contribution is -2.69. The van der Waals surface area contributed by atoms with Crippen LogP contribution in [-0.2, 0) is 35.1 Å². The van der Waals surface area contributed by atoms with Crippen LogP contribution in [0, 0.1) is 6.92 Å². The molecule has 12 nitrogen and oxygen atoms in total. The van der Waals surface area contributed by atoms with Gasteiger partial charge < -0.3 is 43.6 Å². The van der Waals surface area contributed by atoms with Crippen LogP contribution in [0.1, 0.15) is 38.3 Å². The molecule has 0 saturated carbocycles. The van der Waals surface area contributed by atoms with Crippen molar-refractivity contribution in [3.8, 4) is 5.75 Å². The van der Waals surface area contributed by atoms with E-state index in [0.717, 1.165) is 0 Å². The number of carbonyl (C=O) groups is 2. The Hall–Kier alpha value is -3.81. The Bertz CT molecular complexity index is 1540. The molecule has 5 rings (SSSR count). The maximum absolute atomic E-state index is 13.9. The third-order valence-corrected chi connectivity index (χ3v) is 7.42. The zero-order valence-corrected chi connectivity index (χ0v) is 24.3. The van der Waals surface area contributed by atoms with Gasteiger partial charge in [0.2, 0.25) is 5.91 Å². The van der Waals surface area contributed by atoms with Crippen molar-refractivity contribution in [2.45, 2.75) is 82.8 Å². The van der Waals surface area contributed by atoms with E-state index in [1.807, 2.05) is 6.07 Å². The quantitative estimate of drug-likeness (QED) is 0.257. The minimum atomic E-state index is -2.29. The van der Waals surface area contributed by atoms with E-state index in [0.29, 0.717) is 16.5 Å². The van der Waals surface area contributed by atoms with E-state index in [1.165, 1.54) is 19.1 Å². The summed E-state index contributed by atoms with van der Waals surface area (Å²) in [5.74, 6) is -4.70. The summed E-state index contributed by atoms with van der Waals surface area (Å²) in [5, 5.41) is 26.1. The van der Waals surface area contributed by atoms with E-state index >= 15 is 0 Å². The highest BCUT2D eigenvalue weighted by Crippen LogP contribution is 2.38. The van der Waals surface area contributed by atoms with Crippen LogP contribution in [0.2, 0.25) is 0 Å². The number of fused-ring (bicyclic) bond motifs is 1. The summed E-state index contributed by atoms with van der Waals surface area (Å²) in [7, 11) is 0. The van der Waals surface area contributed by atoms with Crippen LogP contribution in [0.25, 0.3) is 11.0 Å². The van der Waals surface area contributed by atoms with E-state index in [9.17, 15) is 24.6 Å². The van der Waals surface area contributed by atoms with Crippen molar-refractivity contribution in [1.29, 1.82) is 0 Å². The van der Waals surface area contributed by atoms with E-state index in [1.54, 1.807) is 57.2 Å². The lowest BCUT2D eigenvalue weighted by molar-refractivity contribution is -0.288. The van der Waals surface area contributed by atoms with Gasteiger partial charge in [0, 0.05) is 24.4 Å². The number of hydrogen-bond donors (Lipinski definition) is 3. The maximum Gasteiger partial charge on any atom is 0.380 e. The van der Waals surface area contributed by atoms with E-state index in [4.69, 9.17) is 28.1 Å². The molecule has 0 radical (unpaired) electrons. The van der Waals surface area contributed by atoms with Gasteiger partial charge in [0.15, 0.2) is 5.79 Å². The van der Waals surface area contributed by atoms with E-state index in [2.05, 4.69) is 5.32 Å². The van der Waals surface area contributed by atoms with Gasteiger partial charge in [-0.3, -0.25) is 4.79 Å². The minimum absolute atomic E-state index is 0.00766. The van der Waals surface area contributed by atoms with Gasteiger partial charge in [-0.2, -0.15) is 0 Å². The highest BCUT2D eigenvalue weighted by atomic mass is 16.8. The summed E-state index contributed by atoms with van der Waals surface area (Å²) in [6, 6.07) is 13.8. The monoisotopic (exact) mass is 597 g/mol. The molecule has 1 amide bonds. The van der Waals surface area contributed by atoms with Gasteiger partial charge in [0.05, 0.1) is 25.2 Å². The maximum atomic E-state index is 13.9. The molecule has 0 bridgehead atoms. The molecule has 3 N–H and O–H groups in total. The van der Waals surface area contributed by atoms with Gasteiger partial charge >= 0.3 is 17.4 Å². The first-order chi connectivity index (χ1) is 20.4. The molecule has 2 aromatic carbocycles. The lowest BCUT2D eigenvalue weighted by Gasteiger charge is -2.47. The molecule has 0 spiro atoms. The van der Waals surface area contributed by atoms with Crippen LogP contribution >= 0.6 is 0 Å². The molecule has 2 saturated heterocycles. The molecule has 0 unspecified atom stereocenters. The second kappa shape index (κ2) is 12.1. The number of amides is 1. The number of benzene rings is 2. The highest BCUT2D eigenvalue weighted by molar-refractivity contribution is 5.82. The summed E-state index contributed by atoms with van der Waals surface area (Å²) in [5.41, 5.74) is 1.02. The molecule has 230 valence electrons. The number of nitrogens with one attached hydrogen (secondary N) is 1. The van der Waals surface area contributed by atoms with E-state index in [-0.39, 0.29) is 24.5 Å². The number of hydrogen-bond acceptors (Lipinski definition) is 11. The largest absolute Gasteiger partial charge is 0.456 e. The third kappa shape index (κ3) is 6.73. The van der Waals surface area contributed by atoms with Gasteiger partial charge in [-0.25, -0.2) is 9.59 Å². The summed E-state index contributed by atoms with van der Waals surface area (Å²) in [4.78, 5) is 38.0. The normalized spacial score (nSPS) is 27.4. The highest BCUT2D eigenvalue weighted by Gasteiger charge is 2.58.